The zero-order valence-corrected chi connectivity index (χ0v) is 17.7. The van der Waals surface area contributed by atoms with Crippen LogP contribution >= 0.6 is 0 Å². The van der Waals surface area contributed by atoms with Crippen molar-refractivity contribution < 1.29 is 17.9 Å². The van der Waals surface area contributed by atoms with Crippen molar-refractivity contribution in [2.45, 2.75) is 31.6 Å². The van der Waals surface area contributed by atoms with Crippen molar-refractivity contribution in [3.63, 3.8) is 0 Å². The fourth-order valence-corrected chi connectivity index (χ4v) is 4.74. The molecule has 2 saturated heterocycles. The predicted molar refractivity (Wildman–Crippen MR) is 115 cm³/mol. The van der Waals surface area contributed by atoms with Crippen LogP contribution in [0.5, 0.6) is 0 Å². The molecular formula is C23H26F3N5O. The first-order valence-corrected chi connectivity index (χ1v) is 11.0. The fraction of sp³-hybridized carbons (Fsp3) is 0.478. The molecular weight excluding hydrogens is 419 g/mol. The van der Waals surface area contributed by atoms with Crippen LogP contribution in [-0.2, 0) is 17.5 Å². The van der Waals surface area contributed by atoms with E-state index in [1.165, 1.54) is 12.1 Å². The van der Waals surface area contributed by atoms with E-state index in [1.54, 1.807) is 6.33 Å². The molecule has 2 aliphatic rings. The molecule has 2 fully saturated rings. The molecule has 1 N–H and O–H groups in total. The van der Waals surface area contributed by atoms with E-state index in [2.05, 4.69) is 30.9 Å². The van der Waals surface area contributed by atoms with Gasteiger partial charge in [0.1, 0.15) is 17.8 Å². The Morgan fingerprint density at radius 3 is 2.59 bits per heavy atom. The Kier molecular flexibility index (Phi) is 5.77. The number of piperidine rings is 1. The molecule has 32 heavy (non-hydrogen) atoms. The number of benzene rings is 1. The van der Waals surface area contributed by atoms with Crippen molar-refractivity contribution in [1.29, 1.82) is 0 Å². The van der Waals surface area contributed by atoms with E-state index in [0.717, 1.165) is 67.0 Å². The Morgan fingerprint density at radius 2 is 1.84 bits per heavy atom. The quantitative estimate of drug-likeness (QED) is 0.657. The van der Waals surface area contributed by atoms with E-state index in [1.807, 2.05) is 6.07 Å². The highest BCUT2D eigenvalue weighted by Crippen LogP contribution is 2.35. The van der Waals surface area contributed by atoms with Crippen LogP contribution in [0.3, 0.4) is 0 Å². The number of aromatic nitrogens is 3. The highest BCUT2D eigenvalue weighted by atomic mass is 19.4. The van der Waals surface area contributed by atoms with Crippen molar-refractivity contribution in [3.05, 3.63) is 54.0 Å². The van der Waals surface area contributed by atoms with E-state index in [-0.39, 0.29) is 6.04 Å². The molecule has 0 radical (unpaired) electrons. The first kappa shape index (κ1) is 21.2. The van der Waals surface area contributed by atoms with Crippen LogP contribution in [0.15, 0.2) is 42.9 Å². The van der Waals surface area contributed by atoms with Crippen molar-refractivity contribution >= 4 is 16.9 Å². The van der Waals surface area contributed by atoms with Gasteiger partial charge in [0.25, 0.3) is 0 Å². The summed E-state index contributed by atoms with van der Waals surface area (Å²) in [6, 6.07) is 7.17. The molecule has 1 aromatic carbocycles. The van der Waals surface area contributed by atoms with Crippen molar-refractivity contribution in [2.24, 2.45) is 5.92 Å². The lowest BCUT2D eigenvalue weighted by molar-refractivity contribution is -0.137. The largest absolute Gasteiger partial charge is 0.416 e. The SMILES string of the molecule is FC(F)(F)c1ccc(C2COCCN2c2ncnc3c2ccn3CC2CCNCC2)cc1. The lowest BCUT2D eigenvalue weighted by Crippen LogP contribution is -2.40. The molecule has 1 unspecified atom stereocenters. The third kappa shape index (κ3) is 4.19. The molecule has 2 aromatic heterocycles. The smallest absolute Gasteiger partial charge is 0.377 e. The van der Waals surface area contributed by atoms with Gasteiger partial charge in [0, 0.05) is 19.3 Å². The van der Waals surface area contributed by atoms with Gasteiger partial charge in [-0.2, -0.15) is 13.2 Å². The van der Waals surface area contributed by atoms with Gasteiger partial charge in [-0.3, -0.25) is 0 Å². The monoisotopic (exact) mass is 445 g/mol. The molecule has 0 amide bonds. The second-order valence-corrected chi connectivity index (χ2v) is 8.50. The number of alkyl halides is 3. The summed E-state index contributed by atoms with van der Waals surface area (Å²) in [6.45, 7) is 4.56. The number of anilines is 1. The molecule has 0 aliphatic carbocycles. The zero-order valence-electron chi connectivity index (χ0n) is 17.7. The van der Waals surface area contributed by atoms with E-state index < -0.39 is 11.7 Å². The summed E-state index contributed by atoms with van der Waals surface area (Å²) >= 11 is 0. The zero-order chi connectivity index (χ0) is 22.1. The minimum Gasteiger partial charge on any atom is -0.377 e. The average molecular weight is 445 g/mol. The molecule has 9 heteroatoms. The molecule has 3 aromatic rings. The fourth-order valence-electron chi connectivity index (χ4n) is 4.74. The number of fused-ring (bicyclic) bond motifs is 1. The minimum atomic E-state index is -4.35. The highest BCUT2D eigenvalue weighted by molar-refractivity contribution is 5.88. The summed E-state index contributed by atoms with van der Waals surface area (Å²) in [4.78, 5) is 11.3. The molecule has 0 saturated carbocycles. The van der Waals surface area contributed by atoms with Gasteiger partial charge in [0.15, 0.2) is 0 Å². The number of morpholine rings is 1. The van der Waals surface area contributed by atoms with Gasteiger partial charge in [0.2, 0.25) is 0 Å². The highest BCUT2D eigenvalue weighted by Gasteiger charge is 2.32. The summed E-state index contributed by atoms with van der Waals surface area (Å²) in [7, 11) is 0. The average Bonchev–Trinajstić information content (AvgIpc) is 3.22. The van der Waals surface area contributed by atoms with Gasteiger partial charge in [-0.05, 0) is 55.6 Å². The maximum absolute atomic E-state index is 13.0. The summed E-state index contributed by atoms with van der Waals surface area (Å²) in [6.07, 6.45) is 1.60. The number of ether oxygens (including phenoxy) is 1. The van der Waals surface area contributed by atoms with Gasteiger partial charge >= 0.3 is 6.18 Å². The Labute approximate surface area is 184 Å². The maximum Gasteiger partial charge on any atom is 0.416 e. The van der Waals surface area contributed by atoms with Gasteiger partial charge in [-0.1, -0.05) is 12.1 Å². The van der Waals surface area contributed by atoms with Crippen LogP contribution in [-0.4, -0.2) is 47.4 Å². The molecule has 170 valence electrons. The Bertz CT molecular complexity index is 1060. The van der Waals surface area contributed by atoms with Crippen LogP contribution in [0, 0.1) is 5.92 Å². The second kappa shape index (κ2) is 8.71. The van der Waals surface area contributed by atoms with Gasteiger partial charge in [0.05, 0.1) is 30.2 Å². The topological polar surface area (TPSA) is 55.2 Å². The Balaban J connectivity index is 1.45. The molecule has 5 rings (SSSR count). The first-order chi connectivity index (χ1) is 15.5. The van der Waals surface area contributed by atoms with E-state index in [4.69, 9.17) is 4.74 Å². The third-order valence-electron chi connectivity index (χ3n) is 6.47. The lowest BCUT2D eigenvalue weighted by Gasteiger charge is -2.37. The second-order valence-electron chi connectivity index (χ2n) is 8.50. The van der Waals surface area contributed by atoms with E-state index in [0.29, 0.717) is 25.7 Å². The van der Waals surface area contributed by atoms with E-state index in [9.17, 15) is 13.2 Å². The summed E-state index contributed by atoms with van der Waals surface area (Å²) in [5.74, 6) is 1.42. The van der Waals surface area contributed by atoms with Crippen LogP contribution in [0.2, 0.25) is 0 Å². The van der Waals surface area contributed by atoms with Crippen LogP contribution in [0.1, 0.15) is 30.0 Å². The molecule has 1 atom stereocenters. The van der Waals surface area contributed by atoms with Crippen LogP contribution in [0.4, 0.5) is 19.0 Å². The van der Waals surface area contributed by atoms with Crippen molar-refractivity contribution in [2.75, 3.05) is 37.7 Å². The molecule has 6 nitrogen and oxygen atoms in total. The Hall–Kier alpha value is -2.65. The van der Waals surface area contributed by atoms with Crippen LogP contribution < -0.4 is 10.2 Å². The lowest BCUT2D eigenvalue weighted by atomic mass is 9.98. The molecule has 2 aliphatic heterocycles. The van der Waals surface area contributed by atoms with Crippen LogP contribution in [0.25, 0.3) is 11.0 Å². The molecule has 0 spiro atoms. The molecule has 4 heterocycles. The normalized spacial score (nSPS) is 20.7. The third-order valence-corrected chi connectivity index (χ3v) is 6.47. The molecule has 0 bridgehead atoms. The number of rotatable bonds is 4. The van der Waals surface area contributed by atoms with Crippen molar-refractivity contribution in [3.8, 4) is 0 Å². The standard InChI is InChI=1S/C23H26F3N5O/c24-23(25,26)18-3-1-17(2-4-18)20-14-32-12-11-31(20)22-19-7-10-30(21(19)28-15-29-22)13-16-5-8-27-9-6-16/h1-4,7,10,15-16,20,27H,5-6,8-9,11-14H2. The van der Waals surface area contributed by atoms with E-state index >= 15 is 0 Å². The minimum absolute atomic E-state index is 0.211. The maximum atomic E-state index is 13.0. The predicted octanol–water partition coefficient (Wildman–Crippen LogP) is 4.03. The number of hydrogen-bond donors (Lipinski definition) is 1. The number of hydrogen-bond acceptors (Lipinski definition) is 5. The van der Waals surface area contributed by atoms with Gasteiger partial charge < -0.3 is 19.5 Å². The number of halogens is 3. The summed E-state index contributed by atoms with van der Waals surface area (Å²) in [5.41, 5.74) is 1.02. The summed E-state index contributed by atoms with van der Waals surface area (Å²) in [5, 5.41) is 4.36. The van der Waals surface area contributed by atoms with Crippen molar-refractivity contribution in [1.82, 2.24) is 19.9 Å². The number of nitrogens with one attached hydrogen (secondary N) is 1. The Morgan fingerprint density at radius 1 is 1.06 bits per heavy atom. The first-order valence-electron chi connectivity index (χ1n) is 11.0. The summed E-state index contributed by atoms with van der Waals surface area (Å²) < 4.78 is 46.9. The van der Waals surface area contributed by atoms with Gasteiger partial charge in [-0.15, -0.1) is 0 Å². The number of nitrogens with zero attached hydrogens (tertiary/aromatic N) is 4. The van der Waals surface area contributed by atoms with Gasteiger partial charge in [-0.25, -0.2) is 9.97 Å².